The standard InChI is InChI=1S/C68H54N2/c1-46-22-21-35-66-67(46)68(63-33-19-20-34-65(63)70(66)58-31-17-8-18-32-58)61-38-36-53(57-42-55(51-27-13-6-14-28-51)41-56(43-57)52-29-15-7-16-30-52)44-59(61)60-45-54(37-39-62(60)68)64(40-47(2)49-23-9-4-10-24-49)69-48(3)50-25-11-5-12-26-50/h4-21,23-46,64,69H,3,22H2,1-2H3/b47-40+. The predicted molar refractivity (Wildman–Crippen MR) is 294 cm³/mol. The summed E-state index contributed by atoms with van der Waals surface area (Å²) in [6.07, 6.45) is 8.12. The Balaban J connectivity index is 1.12. The summed E-state index contributed by atoms with van der Waals surface area (Å²) in [7, 11) is 0. The fraction of sp³-hybridized carbons (Fsp3) is 0.0882. The Labute approximate surface area is 413 Å². The van der Waals surface area contributed by atoms with Crippen molar-refractivity contribution < 1.29 is 0 Å². The van der Waals surface area contributed by atoms with Gasteiger partial charge in [-0.05, 0) is 163 Å². The van der Waals surface area contributed by atoms with E-state index in [9.17, 15) is 0 Å². The van der Waals surface area contributed by atoms with Gasteiger partial charge in [-0.25, -0.2) is 0 Å². The van der Waals surface area contributed by atoms with Gasteiger partial charge in [0, 0.05) is 17.1 Å². The van der Waals surface area contributed by atoms with Gasteiger partial charge in [-0.15, -0.1) is 0 Å². The minimum Gasteiger partial charge on any atom is -0.375 e. The third-order valence-electron chi connectivity index (χ3n) is 14.8. The smallest absolute Gasteiger partial charge is 0.0719 e. The molecular formula is C68H54N2. The molecule has 0 saturated heterocycles. The molecule has 9 aromatic rings. The number of hydrogen-bond acceptors (Lipinski definition) is 2. The van der Waals surface area contributed by atoms with Gasteiger partial charge in [0.2, 0.25) is 0 Å². The maximum absolute atomic E-state index is 4.60. The molecule has 0 aromatic heterocycles. The van der Waals surface area contributed by atoms with E-state index in [2.05, 4.69) is 279 Å². The lowest BCUT2D eigenvalue weighted by molar-refractivity contribution is 0.556. The van der Waals surface area contributed by atoms with Crippen LogP contribution in [0.1, 0.15) is 59.7 Å². The predicted octanol–water partition coefficient (Wildman–Crippen LogP) is 17.4. The van der Waals surface area contributed by atoms with E-state index < -0.39 is 5.41 Å². The molecule has 12 rings (SSSR count). The van der Waals surface area contributed by atoms with E-state index in [1.54, 1.807) is 0 Å². The number of hydrogen-bond donors (Lipinski definition) is 1. The van der Waals surface area contributed by atoms with Crippen molar-refractivity contribution in [2.24, 2.45) is 5.92 Å². The first-order valence-corrected chi connectivity index (χ1v) is 24.6. The summed E-state index contributed by atoms with van der Waals surface area (Å²) in [6.45, 7) is 9.26. The highest BCUT2D eigenvalue weighted by Gasteiger charge is 2.54. The van der Waals surface area contributed by atoms with E-state index in [1.807, 2.05) is 0 Å². The second-order valence-electron chi connectivity index (χ2n) is 19.1. The van der Waals surface area contributed by atoms with Crippen LogP contribution in [0.3, 0.4) is 0 Å². The minimum absolute atomic E-state index is 0.170. The van der Waals surface area contributed by atoms with E-state index in [0.717, 1.165) is 17.7 Å². The largest absolute Gasteiger partial charge is 0.375 e. The van der Waals surface area contributed by atoms with Crippen LogP contribution in [-0.4, -0.2) is 0 Å². The van der Waals surface area contributed by atoms with Crippen LogP contribution in [0.15, 0.2) is 267 Å². The Morgan fingerprint density at radius 3 is 1.71 bits per heavy atom. The van der Waals surface area contributed by atoms with Crippen molar-refractivity contribution in [3.05, 3.63) is 300 Å². The van der Waals surface area contributed by atoms with E-state index in [-0.39, 0.29) is 12.0 Å². The van der Waals surface area contributed by atoms with E-state index in [1.165, 1.54) is 101 Å². The zero-order valence-electron chi connectivity index (χ0n) is 39.7. The van der Waals surface area contributed by atoms with Gasteiger partial charge in [-0.2, -0.15) is 0 Å². The van der Waals surface area contributed by atoms with Crippen molar-refractivity contribution in [1.29, 1.82) is 0 Å². The minimum atomic E-state index is -0.545. The van der Waals surface area contributed by atoms with Gasteiger partial charge in [0.05, 0.1) is 17.1 Å². The number of fused-ring (bicyclic) bond motifs is 8. The summed E-state index contributed by atoms with van der Waals surface area (Å²) in [4.78, 5) is 2.51. The SMILES string of the molecule is C=C(NC(/C=C(\C)c1ccccc1)c1ccc2c(c1)-c1cc(-c3cc(-c4ccccc4)cc(-c4ccccc4)c3)ccc1C21C2=C(C=CCC2C)N(c2ccccc2)c2ccccc21)c1ccccc1. The molecule has 0 saturated carbocycles. The summed E-state index contributed by atoms with van der Waals surface area (Å²) >= 11 is 0. The maximum Gasteiger partial charge on any atom is 0.0719 e. The first-order chi connectivity index (χ1) is 34.5. The van der Waals surface area contributed by atoms with Crippen LogP contribution in [0.4, 0.5) is 11.4 Å². The van der Waals surface area contributed by atoms with E-state index >= 15 is 0 Å². The fourth-order valence-electron chi connectivity index (χ4n) is 11.6. The molecule has 1 heterocycles. The molecule has 1 aliphatic heterocycles. The normalized spacial score (nSPS) is 17.1. The summed E-state index contributed by atoms with van der Waals surface area (Å²) in [6, 6.07) is 84.4. The average Bonchev–Trinajstić information content (AvgIpc) is 3.71. The molecule has 9 aromatic carbocycles. The highest BCUT2D eigenvalue weighted by atomic mass is 15.2. The Morgan fingerprint density at radius 1 is 0.543 bits per heavy atom. The fourth-order valence-corrected chi connectivity index (χ4v) is 11.6. The van der Waals surface area contributed by atoms with E-state index in [4.69, 9.17) is 0 Å². The highest BCUT2D eigenvalue weighted by molar-refractivity contribution is 5.95. The lowest BCUT2D eigenvalue weighted by Crippen LogP contribution is -2.41. The number of para-hydroxylation sites is 2. The first kappa shape index (κ1) is 42.9. The highest BCUT2D eigenvalue weighted by Crippen LogP contribution is 2.64. The van der Waals surface area contributed by atoms with Gasteiger partial charge < -0.3 is 10.2 Å². The first-order valence-electron chi connectivity index (χ1n) is 24.6. The number of rotatable bonds is 10. The number of anilines is 2. The van der Waals surface area contributed by atoms with Crippen molar-refractivity contribution >= 4 is 22.6 Å². The van der Waals surface area contributed by atoms with Crippen LogP contribution in [-0.2, 0) is 5.41 Å². The van der Waals surface area contributed by atoms with Crippen LogP contribution >= 0.6 is 0 Å². The molecule has 3 atom stereocenters. The number of nitrogens with one attached hydrogen (secondary N) is 1. The zero-order valence-corrected chi connectivity index (χ0v) is 39.7. The van der Waals surface area contributed by atoms with Crippen molar-refractivity contribution in [2.75, 3.05) is 4.90 Å². The average molecular weight is 899 g/mol. The maximum atomic E-state index is 4.60. The molecule has 336 valence electrons. The summed E-state index contributed by atoms with van der Waals surface area (Å²) in [5, 5.41) is 3.91. The molecule has 1 N–H and O–H groups in total. The molecule has 2 nitrogen and oxygen atoms in total. The van der Waals surface area contributed by atoms with Gasteiger partial charge in [0.15, 0.2) is 0 Å². The third kappa shape index (κ3) is 7.36. The molecule has 0 amide bonds. The lowest BCUT2D eigenvalue weighted by atomic mass is 9.60. The van der Waals surface area contributed by atoms with Gasteiger partial charge in [0.1, 0.15) is 0 Å². The summed E-state index contributed by atoms with van der Waals surface area (Å²) in [5.41, 5.74) is 23.7. The molecule has 0 radical (unpaired) electrons. The zero-order chi connectivity index (χ0) is 47.2. The van der Waals surface area contributed by atoms with Crippen LogP contribution in [0.25, 0.3) is 55.8 Å². The monoisotopic (exact) mass is 898 g/mol. The van der Waals surface area contributed by atoms with Crippen LogP contribution < -0.4 is 10.2 Å². The molecule has 3 aliphatic rings. The van der Waals surface area contributed by atoms with Gasteiger partial charge >= 0.3 is 0 Å². The Bertz CT molecular complexity index is 3460. The van der Waals surface area contributed by atoms with Gasteiger partial charge in [-0.1, -0.05) is 208 Å². The molecular weight excluding hydrogens is 845 g/mol. The molecule has 1 spiro atoms. The van der Waals surface area contributed by atoms with Gasteiger partial charge in [0.25, 0.3) is 0 Å². The molecule has 2 heteroatoms. The Morgan fingerprint density at radius 2 is 1.07 bits per heavy atom. The van der Waals surface area contributed by atoms with E-state index in [0.29, 0.717) is 0 Å². The van der Waals surface area contributed by atoms with Crippen LogP contribution in [0.2, 0.25) is 0 Å². The van der Waals surface area contributed by atoms with Crippen molar-refractivity contribution in [1.82, 2.24) is 5.32 Å². The lowest BCUT2D eigenvalue weighted by Gasteiger charge is -2.49. The Hall–Kier alpha value is -8.46. The number of nitrogens with zero attached hydrogens (tertiary/aromatic N) is 1. The van der Waals surface area contributed by atoms with Crippen molar-refractivity contribution in [3.8, 4) is 44.5 Å². The van der Waals surface area contributed by atoms with Crippen LogP contribution in [0.5, 0.6) is 0 Å². The second kappa shape index (κ2) is 17.9. The molecule has 70 heavy (non-hydrogen) atoms. The number of allylic oxidation sites excluding steroid dienone is 4. The molecule has 0 bridgehead atoms. The topological polar surface area (TPSA) is 15.3 Å². The van der Waals surface area contributed by atoms with Gasteiger partial charge in [-0.3, -0.25) is 0 Å². The third-order valence-corrected chi connectivity index (χ3v) is 14.8. The quantitative estimate of drug-likeness (QED) is 0.147. The summed E-state index contributed by atoms with van der Waals surface area (Å²) in [5.74, 6) is 0.272. The van der Waals surface area contributed by atoms with Crippen molar-refractivity contribution in [2.45, 2.75) is 31.7 Å². The molecule has 0 fully saturated rings. The van der Waals surface area contributed by atoms with Crippen LogP contribution in [0, 0.1) is 5.92 Å². The Kier molecular flexibility index (Phi) is 11.0. The number of benzene rings is 9. The van der Waals surface area contributed by atoms with Crippen molar-refractivity contribution in [3.63, 3.8) is 0 Å². The summed E-state index contributed by atoms with van der Waals surface area (Å²) < 4.78 is 0. The second-order valence-corrected chi connectivity index (χ2v) is 19.1. The molecule has 3 unspecified atom stereocenters. The molecule has 2 aliphatic carbocycles.